The van der Waals surface area contributed by atoms with E-state index >= 15 is 0 Å². The van der Waals surface area contributed by atoms with Gasteiger partial charge >= 0.3 is 0 Å². The van der Waals surface area contributed by atoms with Crippen LogP contribution in [0.1, 0.15) is 13.8 Å². The fourth-order valence-electron chi connectivity index (χ4n) is 3.40. The minimum absolute atomic E-state index is 0.0233. The molecule has 1 fully saturated rings. The van der Waals surface area contributed by atoms with Crippen molar-refractivity contribution in [3.05, 3.63) is 54.6 Å². The van der Waals surface area contributed by atoms with E-state index in [-0.39, 0.29) is 16.1 Å². The van der Waals surface area contributed by atoms with Crippen molar-refractivity contribution in [1.29, 1.82) is 0 Å². The Morgan fingerprint density at radius 3 is 2.34 bits per heavy atom. The standard InChI is InChI=1S/C23H30N2O5S2/c1-19(18-31-20(2)26)25(13-12-24-14-16-29-17-15-24)32(27,28)23-10-8-22(9-11-23)30-21-6-4-3-5-7-21/h3-11,19H,12-18H2,1-2H3. The Balaban J connectivity index is 1.75. The molecular weight excluding hydrogens is 448 g/mol. The van der Waals surface area contributed by atoms with Crippen LogP contribution in [0.5, 0.6) is 11.5 Å². The second-order valence-electron chi connectivity index (χ2n) is 7.61. The van der Waals surface area contributed by atoms with Gasteiger partial charge in [0, 0.05) is 44.9 Å². The summed E-state index contributed by atoms with van der Waals surface area (Å²) in [5.74, 6) is 1.66. The van der Waals surface area contributed by atoms with Crippen LogP contribution in [0.15, 0.2) is 59.5 Å². The van der Waals surface area contributed by atoms with E-state index in [2.05, 4.69) is 4.90 Å². The smallest absolute Gasteiger partial charge is 0.243 e. The Morgan fingerprint density at radius 1 is 1.09 bits per heavy atom. The quantitative estimate of drug-likeness (QED) is 0.518. The second-order valence-corrected chi connectivity index (χ2v) is 10.7. The summed E-state index contributed by atoms with van der Waals surface area (Å²) >= 11 is 1.15. The molecule has 0 aliphatic carbocycles. The predicted octanol–water partition coefficient (Wildman–Crippen LogP) is 3.47. The minimum Gasteiger partial charge on any atom is -0.457 e. The van der Waals surface area contributed by atoms with Crippen LogP contribution in [0.2, 0.25) is 0 Å². The molecule has 0 amide bonds. The highest BCUT2D eigenvalue weighted by molar-refractivity contribution is 8.13. The third-order valence-corrected chi connectivity index (χ3v) is 8.25. The highest BCUT2D eigenvalue weighted by Crippen LogP contribution is 2.25. The van der Waals surface area contributed by atoms with Gasteiger partial charge in [-0.1, -0.05) is 30.0 Å². The van der Waals surface area contributed by atoms with Gasteiger partial charge in [0.15, 0.2) is 5.12 Å². The third kappa shape index (κ3) is 7.05. The summed E-state index contributed by atoms with van der Waals surface area (Å²) in [7, 11) is -3.74. The molecule has 9 heteroatoms. The normalized spacial score (nSPS) is 16.1. The summed E-state index contributed by atoms with van der Waals surface area (Å²) in [5, 5.41) is -0.0233. The molecule has 2 aromatic rings. The number of carbonyl (C=O) groups excluding carboxylic acids is 1. The van der Waals surface area contributed by atoms with Crippen LogP contribution >= 0.6 is 11.8 Å². The van der Waals surface area contributed by atoms with Crippen molar-refractivity contribution in [3.8, 4) is 11.5 Å². The van der Waals surface area contributed by atoms with E-state index in [1.807, 2.05) is 37.3 Å². The fourth-order valence-corrected chi connectivity index (χ4v) is 5.77. The zero-order chi connectivity index (χ0) is 23.0. The summed E-state index contributed by atoms with van der Waals surface area (Å²) in [6, 6.07) is 15.5. The Kier molecular flexibility index (Phi) is 9.12. The number of thioether (sulfide) groups is 1. The van der Waals surface area contributed by atoms with Crippen LogP contribution in [-0.4, -0.2) is 73.9 Å². The summed E-state index contributed by atoms with van der Waals surface area (Å²) in [4.78, 5) is 13.9. The first-order chi connectivity index (χ1) is 15.4. The van der Waals surface area contributed by atoms with Crippen LogP contribution in [0.4, 0.5) is 0 Å². The van der Waals surface area contributed by atoms with E-state index in [9.17, 15) is 13.2 Å². The molecule has 32 heavy (non-hydrogen) atoms. The van der Waals surface area contributed by atoms with Gasteiger partial charge in [-0.25, -0.2) is 8.42 Å². The number of hydrogen-bond donors (Lipinski definition) is 0. The highest BCUT2D eigenvalue weighted by atomic mass is 32.2. The molecular formula is C23H30N2O5S2. The molecule has 3 rings (SSSR count). The van der Waals surface area contributed by atoms with Gasteiger partial charge in [-0.05, 0) is 43.3 Å². The van der Waals surface area contributed by atoms with Gasteiger partial charge in [-0.2, -0.15) is 4.31 Å². The van der Waals surface area contributed by atoms with Gasteiger partial charge < -0.3 is 9.47 Å². The van der Waals surface area contributed by atoms with E-state index in [0.29, 0.717) is 43.6 Å². The lowest BCUT2D eigenvalue weighted by Crippen LogP contribution is -2.46. The van der Waals surface area contributed by atoms with Crippen molar-refractivity contribution < 1.29 is 22.7 Å². The molecule has 0 bridgehead atoms. The van der Waals surface area contributed by atoms with Gasteiger partial charge in [0.2, 0.25) is 10.0 Å². The molecule has 174 valence electrons. The van der Waals surface area contributed by atoms with Gasteiger partial charge in [0.25, 0.3) is 0 Å². The number of rotatable bonds is 10. The number of nitrogens with zero attached hydrogens (tertiary/aromatic N) is 2. The van der Waals surface area contributed by atoms with Crippen molar-refractivity contribution >= 4 is 26.9 Å². The first-order valence-electron chi connectivity index (χ1n) is 10.6. The molecule has 1 aliphatic rings. The van der Waals surface area contributed by atoms with E-state index in [1.165, 1.54) is 11.2 Å². The molecule has 1 aliphatic heterocycles. The van der Waals surface area contributed by atoms with Crippen LogP contribution in [0, 0.1) is 0 Å². The lowest BCUT2D eigenvalue weighted by Gasteiger charge is -2.32. The Morgan fingerprint density at radius 2 is 1.72 bits per heavy atom. The number of benzene rings is 2. The summed E-state index contributed by atoms with van der Waals surface area (Å²) in [5.41, 5.74) is 0. The zero-order valence-corrected chi connectivity index (χ0v) is 20.1. The second kappa shape index (κ2) is 11.8. The maximum absolute atomic E-state index is 13.5. The van der Waals surface area contributed by atoms with E-state index in [1.54, 1.807) is 24.3 Å². The van der Waals surface area contributed by atoms with Crippen LogP contribution in [0.25, 0.3) is 0 Å². The van der Waals surface area contributed by atoms with Crippen LogP contribution in [0.3, 0.4) is 0 Å². The number of para-hydroxylation sites is 1. The molecule has 0 saturated carbocycles. The third-order valence-electron chi connectivity index (χ3n) is 5.17. The van der Waals surface area contributed by atoms with Crippen LogP contribution in [-0.2, 0) is 19.6 Å². The minimum atomic E-state index is -3.74. The number of ether oxygens (including phenoxy) is 2. The molecule has 1 saturated heterocycles. The van der Waals surface area contributed by atoms with Gasteiger partial charge in [0.1, 0.15) is 11.5 Å². The SMILES string of the molecule is CC(=O)SCC(C)N(CCN1CCOCC1)S(=O)(=O)c1ccc(Oc2ccccc2)cc1. The van der Waals surface area contributed by atoms with Crippen molar-refractivity contribution in [3.63, 3.8) is 0 Å². The highest BCUT2D eigenvalue weighted by Gasteiger charge is 2.30. The largest absolute Gasteiger partial charge is 0.457 e. The molecule has 1 heterocycles. The van der Waals surface area contributed by atoms with Crippen molar-refractivity contribution in [1.82, 2.24) is 9.21 Å². The van der Waals surface area contributed by atoms with Crippen molar-refractivity contribution in [2.45, 2.75) is 24.8 Å². The first kappa shape index (κ1) is 24.7. The fraction of sp³-hybridized carbons (Fsp3) is 0.435. The maximum atomic E-state index is 13.5. The predicted molar refractivity (Wildman–Crippen MR) is 127 cm³/mol. The average Bonchev–Trinajstić information content (AvgIpc) is 2.79. The molecule has 0 N–H and O–H groups in total. The molecule has 1 atom stereocenters. The summed E-state index contributed by atoms with van der Waals surface area (Å²) < 4.78 is 39.7. The number of hydrogen-bond acceptors (Lipinski definition) is 7. The lowest BCUT2D eigenvalue weighted by molar-refractivity contribution is -0.109. The van der Waals surface area contributed by atoms with Crippen LogP contribution < -0.4 is 4.74 Å². The molecule has 0 radical (unpaired) electrons. The Hall–Kier alpha value is -1.91. The van der Waals surface area contributed by atoms with Crippen molar-refractivity contribution in [2.75, 3.05) is 45.1 Å². The van der Waals surface area contributed by atoms with E-state index < -0.39 is 10.0 Å². The maximum Gasteiger partial charge on any atom is 0.243 e. The molecule has 2 aromatic carbocycles. The summed E-state index contributed by atoms with van der Waals surface area (Å²) in [6.45, 7) is 7.20. The Labute approximate surface area is 194 Å². The zero-order valence-electron chi connectivity index (χ0n) is 18.5. The summed E-state index contributed by atoms with van der Waals surface area (Å²) in [6.07, 6.45) is 0. The van der Waals surface area contributed by atoms with Gasteiger partial charge in [-0.3, -0.25) is 9.69 Å². The lowest BCUT2D eigenvalue weighted by atomic mass is 10.3. The number of morpholine rings is 1. The monoisotopic (exact) mass is 478 g/mol. The molecule has 0 spiro atoms. The topological polar surface area (TPSA) is 76.2 Å². The first-order valence-corrected chi connectivity index (χ1v) is 13.1. The van der Waals surface area contributed by atoms with Gasteiger partial charge in [-0.15, -0.1) is 0 Å². The Bertz CT molecular complexity index is 962. The number of sulfonamides is 1. The molecule has 0 aromatic heterocycles. The van der Waals surface area contributed by atoms with E-state index in [4.69, 9.17) is 9.47 Å². The molecule has 7 nitrogen and oxygen atoms in total. The van der Waals surface area contributed by atoms with Crippen molar-refractivity contribution in [2.24, 2.45) is 0 Å². The average molecular weight is 479 g/mol. The van der Waals surface area contributed by atoms with E-state index in [0.717, 1.165) is 24.9 Å². The number of carbonyl (C=O) groups is 1. The van der Waals surface area contributed by atoms with Gasteiger partial charge in [0.05, 0.1) is 18.1 Å². The molecule has 1 unspecified atom stereocenters.